The van der Waals surface area contributed by atoms with Crippen LogP contribution in [0.1, 0.15) is 66.7 Å². The number of ether oxygens (including phenoxy) is 1. The summed E-state index contributed by atoms with van der Waals surface area (Å²) in [7, 11) is -0.413. The van der Waals surface area contributed by atoms with Crippen LogP contribution in [0.2, 0.25) is 0 Å². The third-order valence-corrected chi connectivity index (χ3v) is 5.62. The molecule has 0 amide bonds. The minimum Gasteiger partial charge on any atom is -0.465 e. The Balaban J connectivity index is 2.03. The highest BCUT2D eigenvalue weighted by Crippen LogP contribution is 2.43. The van der Waals surface area contributed by atoms with E-state index in [1.807, 2.05) is 40.7 Å². The van der Waals surface area contributed by atoms with Crippen LogP contribution in [-0.4, -0.2) is 37.6 Å². The number of halogens is 1. The first-order valence-corrected chi connectivity index (χ1v) is 8.95. The third-order valence-electron chi connectivity index (χ3n) is 5.62. The highest BCUT2D eigenvalue weighted by Gasteiger charge is 2.53. The molecule has 2 aliphatic rings. The van der Waals surface area contributed by atoms with Gasteiger partial charge in [0.05, 0.1) is 23.2 Å². The first-order chi connectivity index (χ1) is 11.2. The molecule has 2 rings (SSSR count). The lowest BCUT2D eigenvalue weighted by molar-refractivity contribution is -0.157. The molecule has 0 radical (unpaired) electrons. The largest absolute Gasteiger partial charge is 0.490 e. The number of unbranched alkanes of at least 4 members (excludes halogenated alkanes) is 1. The van der Waals surface area contributed by atoms with Gasteiger partial charge in [-0.05, 0) is 58.9 Å². The summed E-state index contributed by atoms with van der Waals surface area (Å²) in [6, 6.07) is 0. The van der Waals surface area contributed by atoms with Crippen molar-refractivity contribution >= 4 is 13.1 Å². The number of rotatable bonds is 6. The Kier molecular flexibility index (Phi) is 5.81. The van der Waals surface area contributed by atoms with Crippen LogP contribution in [0.4, 0.5) is 4.39 Å². The smallest absolute Gasteiger partial charge is 0.465 e. The van der Waals surface area contributed by atoms with Crippen molar-refractivity contribution in [2.24, 2.45) is 5.41 Å². The molecular formula is C18H30BFO4. The first-order valence-electron chi connectivity index (χ1n) is 8.95. The molecule has 6 heteroatoms. The average molecular weight is 340 g/mol. The number of hydrogen-bond acceptors (Lipinski definition) is 4. The highest BCUT2D eigenvalue weighted by molar-refractivity contribution is 6.54. The van der Waals surface area contributed by atoms with Crippen LogP contribution in [0.3, 0.4) is 0 Å². The molecule has 0 unspecified atom stereocenters. The molecule has 1 aliphatic carbocycles. The Morgan fingerprint density at radius 2 is 1.92 bits per heavy atom. The lowest BCUT2D eigenvalue weighted by atomic mass is 9.66. The van der Waals surface area contributed by atoms with Crippen LogP contribution < -0.4 is 0 Å². The van der Waals surface area contributed by atoms with E-state index in [-0.39, 0.29) is 0 Å². The molecule has 0 spiro atoms. The SMILES string of the molecule is CCCCOC(=O)[C@]1(CF)CC=C(B2OC(C)(C)C(C)(C)O2)CC1. The summed E-state index contributed by atoms with van der Waals surface area (Å²) in [6.07, 6.45) is 5.03. The number of alkyl halides is 1. The fraction of sp³-hybridized carbons (Fsp3) is 0.833. The van der Waals surface area contributed by atoms with E-state index in [1.54, 1.807) is 0 Å². The van der Waals surface area contributed by atoms with Gasteiger partial charge in [-0.25, -0.2) is 4.39 Å². The molecule has 4 nitrogen and oxygen atoms in total. The van der Waals surface area contributed by atoms with E-state index in [4.69, 9.17) is 14.0 Å². The second-order valence-corrected chi connectivity index (χ2v) is 7.97. The molecule has 1 saturated heterocycles. The summed E-state index contributed by atoms with van der Waals surface area (Å²) in [4.78, 5) is 12.3. The predicted molar refractivity (Wildman–Crippen MR) is 92.3 cm³/mol. The van der Waals surface area contributed by atoms with Crippen molar-refractivity contribution in [3.8, 4) is 0 Å². The molecule has 136 valence electrons. The second kappa shape index (κ2) is 7.16. The van der Waals surface area contributed by atoms with Gasteiger partial charge in [-0.2, -0.15) is 0 Å². The van der Waals surface area contributed by atoms with Crippen molar-refractivity contribution in [1.82, 2.24) is 0 Å². The van der Waals surface area contributed by atoms with Crippen LogP contribution in [0.25, 0.3) is 0 Å². The molecule has 24 heavy (non-hydrogen) atoms. The van der Waals surface area contributed by atoms with Crippen molar-refractivity contribution in [3.05, 3.63) is 11.5 Å². The van der Waals surface area contributed by atoms with Gasteiger partial charge in [-0.1, -0.05) is 19.4 Å². The fourth-order valence-electron chi connectivity index (χ4n) is 2.95. The van der Waals surface area contributed by atoms with Gasteiger partial charge in [0, 0.05) is 0 Å². The molecule has 0 saturated carbocycles. The van der Waals surface area contributed by atoms with Crippen LogP contribution in [0.15, 0.2) is 11.5 Å². The average Bonchev–Trinajstić information content (AvgIpc) is 2.75. The van der Waals surface area contributed by atoms with Gasteiger partial charge in [-0.15, -0.1) is 0 Å². The number of carbonyl (C=O) groups is 1. The second-order valence-electron chi connectivity index (χ2n) is 7.97. The summed E-state index contributed by atoms with van der Waals surface area (Å²) < 4.78 is 31.0. The number of hydrogen-bond donors (Lipinski definition) is 0. The summed E-state index contributed by atoms with van der Waals surface area (Å²) in [5, 5.41) is 0. The summed E-state index contributed by atoms with van der Waals surface area (Å²) in [6.45, 7) is 9.73. The zero-order chi connectivity index (χ0) is 18.0. The van der Waals surface area contributed by atoms with Gasteiger partial charge in [0.1, 0.15) is 6.67 Å². The number of carbonyl (C=O) groups excluding carboxylic acids is 1. The Morgan fingerprint density at radius 1 is 1.29 bits per heavy atom. The Hall–Kier alpha value is -0.875. The van der Waals surface area contributed by atoms with Crippen molar-refractivity contribution in [2.45, 2.75) is 77.9 Å². The fourth-order valence-corrected chi connectivity index (χ4v) is 2.95. The Bertz CT molecular complexity index is 487. The summed E-state index contributed by atoms with van der Waals surface area (Å²) in [5.74, 6) is -0.414. The van der Waals surface area contributed by atoms with E-state index in [0.29, 0.717) is 25.9 Å². The minimum atomic E-state index is -1.04. The normalized spacial score (nSPS) is 28.6. The van der Waals surface area contributed by atoms with Crippen molar-refractivity contribution in [3.63, 3.8) is 0 Å². The summed E-state index contributed by atoms with van der Waals surface area (Å²) in [5.41, 5.74) is -0.835. The third kappa shape index (κ3) is 3.69. The maximum Gasteiger partial charge on any atom is 0.490 e. The van der Waals surface area contributed by atoms with E-state index < -0.39 is 36.4 Å². The Labute approximate surface area is 145 Å². The molecule has 1 heterocycles. The van der Waals surface area contributed by atoms with Gasteiger partial charge in [-0.3, -0.25) is 4.79 Å². The van der Waals surface area contributed by atoms with E-state index in [2.05, 4.69) is 0 Å². The van der Waals surface area contributed by atoms with Crippen LogP contribution >= 0.6 is 0 Å². The maximum atomic E-state index is 13.7. The predicted octanol–water partition coefficient (Wildman–Crippen LogP) is 4.03. The van der Waals surface area contributed by atoms with Crippen LogP contribution in [-0.2, 0) is 18.8 Å². The van der Waals surface area contributed by atoms with Crippen molar-refractivity contribution < 1.29 is 23.2 Å². The van der Waals surface area contributed by atoms with Gasteiger partial charge in [0.25, 0.3) is 0 Å². The standard InChI is InChI=1S/C18H30BFO4/c1-6-7-12-22-15(21)18(13-20)10-8-14(9-11-18)19-23-16(2,3)17(4,5)24-19/h8H,6-7,9-13H2,1-5H3/t18-/m1/s1. The molecule has 1 atom stereocenters. The molecule has 0 N–H and O–H groups in total. The lowest BCUT2D eigenvalue weighted by Crippen LogP contribution is -2.41. The van der Waals surface area contributed by atoms with E-state index in [1.165, 1.54) is 0 Å². The maximum absolute atomic E-state index is 13.7. The molecule has 0 aromatic heterocycles. The van der Waals surface area contributed by atoms with Gasteiger partial charge in [0.2, 0.25) is 0 Å². The van der Waals surface area contributed by atoms with Gasteiger partial charge < -0.3 is 14.0 Å². The molecule has 0 aromatic rings. The Morgan fingerprint density at radius 3 is 2.38 bits per heavy atom. The first kappa shape index (κ1) is 19.4. The van der Waals surface area contributed by atoms with Crippen molar-refractivity contribution in [2.75, 3.05) is 13.3 Å². The van der Waals surface area contributed by atoms with Gasteiger partial charge in [0.15, 0.2) is 0 Å². The van der Waals surface area contributed by atoms with Crippen LogP contribution in [0, 0.1) is 5.41 Å². The van der Waals surface area contributed by atoms with Gasteiger partial charge >= 0.3 is 13.1 Å². The monoisotopic (exact) mass is 340 g/mol. The zero-order valence-electron chi connectivity index (χ0n) is 15.6. The minimum absolute atomic E-state index is 0.341. The topological polar surface area (TPSA) is 44.8 Å². The zero-order valence-corrected chi connectivity index (χ0v) is 15.6. The number of esters is 1. The quantitative estimate of drug-likeness (QED) is 0.416. The lowest BCUT2D eigenvalue weighted by Gasteiger charge is -2.32. The molecule has 1 aliphatic heterocycles. The molecule has 0 aromatic carbocycles. The number of allylic oxidation sites excluding steroid dienone is 2. The van der Waals surface area contributed by atoms with Crippen molar-refractivity contribution in [1.29, 1.82) is 0 Å². The highest BCUT2D eigenvalue weighted by atomic mass is 19.1. The van der Waals surface area contributed by atoms with E-state index in [0.717, 1.165) is 18.3 Å². The van der Waals surface area contributed by atoms with E-state index >= 15 is 0 Å². The molecule has 1 fully saturated rings. The summed E-state index contributed by atoms with van der Waals surface area (Å²) >= 11 is 0. The van der Waals surface area contributed by atoms with Crippen LogP contribution in [0.5, 0.6) is 0 Å². The van der Waals surface area contributed by atoms with E-state index in [9.17, 15) is 9.18 Å². The molecular weight excluding hydrogens is 310 g/mol. The molecule has 0 bridgehead atoms.